The van der Waals surface area contributed by atoms with Crippen LogP contribution < -0.4 is 4.72 Å². The molecule has 1 aromatic carbocycles. The first-order valence-electron chi connectivity index (χ1n) is 4.73. The molecule has 0 spiro atoms. The molecular weight excluding hydrogens is 226 g/mol. The second-order valence-corrected chi connectivity index (χ2v) is 4.91. The van der Waals surface area contributed by atoms with Crippen molar-refractivity contribution >= 4 is 10.0 Å². The van der Waals surface area contributed by atoms with Gasteiger partial charge in [-0.15, -0.1) is 0 Å². The van der Waals surface area contributed by atoms with Crippen LogP contribution in [0.5, 0.6) is 0 Å². The molecule has 0 aliphatic heterocycles. The molecule has 0 heterocycles. The second kappa shape index (κ2) is 5.12. The maximum absolute atomic E-state index is 11.7. The summed E-state index contributed by atoms with van der Waals surface area (Å²) in [6.07, 6.45) is 6.07. The van der Waals surface area contributed by atoms with Crippen molar-refractivity contribution in [1.29, 1.82) is 0 Å². The molecule has 1 atom stereocenters. The maximum Gasteiger partial charge on any atom is 0.242 e. The molecule has 5 heteroatoms. The number of sulfonamides is 1. The Bertz CT molecular complexity index is 485. The highest BCUT2D eigenvalue weighted by Crippen LogP contribution is 2.10. The van der Waals surface area contributed by atoms with E-state index in [-0.39, 0.29) is 4.90 Å². The van der Waals surface area contributed by atoms with Gasteiger partial charge in [0.1, 0.15) is 6.23 Å². The number of hydrogen-bond acceptors (Lipinski definition) is 3. The first-order chi connectivity index (χ1) is 7.49. The largest absolute Gasteiger partial charge is 0.378 e. The predicted molar refractivity (Wildman–Crippen MR) is 59.3 cm³/mol. The quantitative estimate of drug-likeness (QED) is 0.597. The number of aliphatic hydroxyl groups is 1. The van der Waals surface area contributed by atoms with Gasteiger partial charge in [-0.05, 0) is 37.1 Å². The van der Waals surface area contributed by atoms with Crippen LogP contribution in [0.1, 0.15) is 18.9 Å². The molecule has 85 valence electrons. The van der Waals surface area contributed by atoms with E-state index in [2.05, 4.69) is 10.6 Å². The van der Waals surface area contributed by atoms with Crippen LogP contribution in [0.15, 0.2) is 29.2 Å². The molecule has 1 unspecified atom stereocenters. The van der Waals surface area contributed by atoms with Crippen molar-refractivity contribution in [1.82, 2.24) is 4.72 Å². The summed E-state index contributed by atoms with van der Waals surface area (Å²) in [7, 11) is -3.69. The molecule has 0 saturated carbocycles. The minimum atomic E-state index is -3.69. The van der Waals surface area contributed by atoms with E-state index in [0.717, 1.165) is 0 Å². The molecule has 1 aromatic rings. The fraction of sp³-hybridized carbons (Fsp3) is 0.273. The van der Waals surface area contributed by atoms with Crippen LogP contribution in [0.25, 0.3) is 0 Å². The number of rotatable bonds is 4. The lowest BCUT2D eigenvalue weighted by Crippen LogP contribution is -2.33. The van der Waals surface area contributed by atoms with Crippen molar-refractivity contribution in [2.45, 2.75) is 24.5 Å². The molecule has 1 rings (SSSR count). The lowest BCUT2D eigenvalue weighted by atomic mass is 10.2. The molecule has 0 bridgehead atoms. The van der Waals surface area contributed by atoms with Crippen LogP contribution in [0.2, 0.25) is 0 Å². The summed E-state index contributed by atoms with van der Waals surface area (Å²) in [4.78, 5) is 0.0546. The highest BCUT2D eigenvalue weighted by atomic mass is 32.2. The van der Waals surface area contributed by atoms with Crippen molar-refractivity contribution < 1.29 is 13.5 Å². The van der Waals surface area contributed by atoms with Crippen LogP contribution in [0.4, 0.5) is 0 Å². The topological polar surface area (TPSA) is 66.4 Å². The lowest BCUT2D eigenvalue weighted by molar-refractivity contribution is 0.159. The van der Waals surface area contributed by atoms with Gasteiger partial charge in [0, 0.05) is 5.56 Å². The molecular formula is C11H12NO3S. The molecule has 4 nitrogen and oxygen atoms in total. The minimum absolute atomic E-state index is 0.0546. The first-order valence-corrected chi connectivity index (χ1v) is 6.21. The van der Waals surface area contributed by atoms with E-state index >= 15 is 0 Å². The van der Waals surface area contributed by atoms with Crippen molar-refractivity contribution in [3.05, 3.63) is 36.3 Å². The predicted octanol–water partition coefficient (Wildman–Crippen LogP) is 0.631. The maximum atomic E-state index is 11.7. The van der Waals surface area contributed by atoms with Gasteiger partial charge in [0.05, 0.1) is 4.90 Å². The monoisotopic (exact) mass is 238 g/mol. The Hall–Kier alpha value is -1.35. The van der Waals surface area contributed by atoms with Crippen molar-refractivity contribution in [3.63, 3.8) is 0 Å². The zero-order valence-electron chi connectivity index (χ0n) is 8.77. The van der Waals surface area contributed by atoms with Crippen LogP contribution >= 0.6 is 0 Å². The third-order valence-corrected chi connectivity index (χ3v) is 3.46. The van der Waals surface area contributed by atoms with E-state index in [1.807, 2.05) is 0 Å². The van der Waals surface area contributed by atoms with Gasteiger partial charge in [-0.1, -0.05) is 12.8 Å². The summed E-state index contributed by atoms with van der Waals surface area (Å²) in [6.45, 7) is 1.67. The Balaban J connectivity index is 2.95. The molecule has 0 aromatic heterocycles. The van der Waals surface area contributed by atoms with Gasteiger partial charge in [-0.25, -0.2) is 8.42 Å². The Labute approximate surface area is 95.4 Å². The zero-order chi connectivity index (χ0) is 12.2. The standard InChI is InChI=1S/C11H12NO3S/c1-3-9-5-7-10(8-6-9)16(14,15)12-11(13)4-2/h5-8,11-13H,4H2,2H3. The molecule has 0 aliphatic carbocycles. The highest BCUT2D eigenvalue weighted by Gasteiger charge is 2.16. The number of nitrogens with one attached hydrogen (secondary N) is 1. The average molecular weight is 238 g/mol. The summed E-state index contributed by atoms with van der Waals surface area (Å²) in [5, 5.41) is 9.22. The van der Waals surface area contributed by atoms with Crippen molar-refractivity contribution in [2.75, 3.05) is 0 Å². The second-order valence-electron chi connectivity index (χ2n) is 3.19. The smallest absolute Gasteiger partial charge is 0.242 e. The third kappa shape index (κ3) is 3.07. The van der Waals surface area contributed by atoms with Crippen LogP contribution in [0.3, 0.4) is 0 Å². The first kappa shape index (κ1) is 12.7. The summed E-state index contributed by atoms with van der Waals surface area (Å²) in [5.41, 5.74) is 0.495. The van der Waals surface area contributed by atoms with Gasteiger partial charge in [0.2, 0.25) is 10.0 Å². The number of benzene rings is 1. The van der Waals surface area contributed by atoms with E-state index in [0.29, 0.717) is 12.0 Å². The van der Waals surface area contributed by atoms with Crippen molar-refractivity contribution in [3.8, 4) is 5.92 Å². The van der Waals surface area contributed by atoms with Gasteiger partial charge in [0.25, 0.3) is 0 Å². The Kier molecular flexibility index (Phi) is 4.07. The molecule has 1 radical (unpaired) electrons. The van der Waals surface area contributed by atoms with E-state index < -0.39 is 16.3 Å². The SMILES string of the molecule is [C]#Cc1ccc(S(=O)(=O)NC(O)CC)cc1. The molecule has 2 N–H and O–H groups in total. The van der Waals surface area contributed by atoms with Crippen LogP contribution in [-0.2, 0) is 10.0 Å². The number of hydrogen-bond donors (Lipinski definition) is 2. The van der Waals surface area contributed by atoms with Gasteiger partial charge in [-0.2, -0.15) is 4.72 Å². The van der Waals surface area contributed by atoms with Gasteiger partial charge >= 0.3 is 0 Å². The highest BCUT2D eigenvalue weighted by molar-refractivity contribution is 7.89. The number of aliphatic hydroxyl groups excluding tert-OH is 1. The molecule has 0 aliphatic rings. The zero-order valence-corrected chi connectivity index (χ0v) is 9.58. The van der Waals surface area contributed by atoms with E-state index in [9.17, 15) is 13.5 Å². The minimum Gasteiger partial charge on any atom is -0.378 e. The molecule has 0 saturated heterocycles. The van der Waals surface area contributed by atoms with Crippen molar-refractivity contribution in [2.24, 2.45) is 0 Å². The van der Waals surface area contributed by atoms with E-state index in [4.69, 9.17) is 6.42 Å². The molecule has 0 amide bonds. The van der Waals surface area contributed by atoms with E-state index in [1.54, 1.807) is 6.92 Å². The van der Waals surface area contributed by atoms with Gasteiger partial charge in [0.15, 0.2) is 0 Å². The van der Waals surface area contributed by atoms with Crippen LogP contribution in [0, 0.1) is 12.3 Å². The third-order valence-electron chi connectivity index (χ3n) is 1.99. The Morgan fingerprint density at radius 2 is 2.00 bits per heavy atom. The van der Waals surface area contributed by atoms with E-state index in [1.165, 1.54) is 24.3 Å². The summed E-state index contributed by atoms with van der Waals surface area (Å²) < 4.78 is 25.4. The fourth-order valence-corrected chi connectivity index (χ4v) is 2.20. The summed E-state index contributed by atoms with van der Waals surface area (Å²) in [6, 6.07) is 5.67. The van der Waals surface area contributed by atoms with Crippen LogP contribution in [-0.4, -0.2) is 19.8 Å². The summed E-state index contributed by atoms with van der Waals surface area (Å²) in [5.74, 6) is 2.14. The normalized spacial score (nSPS) is 13.1. The lowest BCUT2D eigenvalue weighted by Gasteiger charge is -2.10. The molecule has 16 heavy (non-hydrogen) atoms. The Morgan fingerprint density at radius 1 is 1.44 bits per heavy atom. The van der Waals surface area contributed by atoms with Gasteiger partial charge < -0.3 is 5.11 Å². The summed E-state index contributed by atoms with van der Waals surface area (Å²) >= 11 is 0. The van der Waals surface area contributed by atoms with Gasteiger partial charge in [-0.3, -0.25) is 0 Å². The average Bonchev–Trinajstić information content (AvgIpc) is 2.28. The molecule has 0 fully saturated rings. The Morgan fingerprint density at radius 3 is 2.44 bits per heavy atom. The fourth-order valence-electron chi connectivity index (χ4n) is 1.05.